The molecule has 1 aliphatic heterocycles. The van der Waals surface area contributed by atoms with Crippen LogP contribution < -0.4 is 5.32 Å². The highest BCUT2D eigenvalue weighted by atomic mass is 19.1. The van der Waals surface area contributed by atoms with Crippen LogP contribution in [-0.2, 0) is 6.54 Å². The Hall–Kier alpha value is -1.35. The molecule has 1 fully saturated rings. The summed E-state index contributed by atoms with van der Waals surface area (Å²) in [6.07, 6.45) is 6.43. The monoisotopic (exact) mass is 232 g/mol. The second-order valence-corrected chi connectivity index (χ2v) is 4.89. The quantitative estimate of drug-likeness (QED) is 0.842. The van der Waals surface area contributed by atoms with Crippen LogP contribution in [0, 0.1) is 11.7 Å². The summed E-state index contributed by atoms with van der Waals surface area (Å²) in [5.41, 5.74) is 0. The van der Waals surface area contributed by atoms with Gasteiger partial charge >= 0.3 is 0 Å². The van der Waals surface area contributed by atoms with Gasteiger partial charge in [0.1, 0.15) is 5.82 Å². The molecule has 1 saturated heterocycles. The number of nitrogens with one attached hydrogen (secondary N) is 1. The van der Waals surface area contributed by atoms with E-state index in [2.05, 4.69) is 16.1 Å². The maximum atomic E-state index is 13.6. The van der Waals surface area contributed by atoms with E-state index in [-0.39, 0.29) is 5.82 Å². The lowest BCUT2D eigenvalue weighted by atomic mass is 9.98. The molecule has 0 aliphatic carbocycles. The number of aromatic nitrogens is 1. The number of hydrogen-bond donors (Lipinski definition) is 1. The van der Waals surface area contributed by atoms with Crippen LogP contribution in [0.1, 0.15) is 12.8 Å². The van der Waals surface area contributed by atoms with E-state index in [0.717, 1.165) is 36.3 Å². The van der Waals surface area contributed by atoms with Crippen molar-refractivity contribution in [2.75, 3.05) is 13.1 Å². The number of nitrogens with zero attached hydrogens (tertiary/aromatic N) is 1. The first-order valence-corrected chi connectivity index (χ1v) is 6.27. The highest BCUT2D eigenvalue weighted by Crippen LogP contribution is 2.21. The molecule has 2 aromatic rings. The molecule has 2 nitrogen and oxygen atoms in total. The Labute approximate surface area is 100 Å². The van der Waals surface area contributed by atoms with Gasteiger partial charge in [0.05, 0.1) is 0 Å². The summed E-state index contributed by atoms with van der Waals surface area (Å²) in [6, 6.07) is 5.26. The third-order valence-corrected chi connectivity index (χ3v) is 3.61. The fourth-order valence-electron chi connectivity index (χ4n) is 2.65. The molecular weight excluding hydrogens is 215 g/mol. The largest absolute Gasteiger partial charge is 0.353 e. The normalized spacial score (nSPS) is 17.7. The zero-order chi connectivity index (χ0) is 11.7. The number of fused-ring (bicyclic) bond motifs is 1. The van der Waals surface area contributed by atoms with Crippen molar-refractivity contribution in [3.63, 3.8) is 0 Å². The molecule has 1 aromatic carbocycles. The van der Waals surface area contributed by atoms with Crippen molar-refractivity contribution in [3.05, 3.63) is 36.4 Å². The lowest BCUT2D eigenvalue weighted by molar-refractivity contribution is 0.334. The van der Waals surface area contributed by atoms with Crippen LogP contribution in [0.15, 0.2) is 30.6 Å². The standard InChI is InChI=1S/C14H17FN2/c15-14-3-1-2-12-9-17(10-13(12)14)8-11-4-6-16-7-5-11/h1-3,9-11,16H,4-8H2. The van der Waals surface area contributed by atoms with E-state index >= 15 is 0 Å². The first kappa shape index (κ1) is 10.8. The van der Waals surface area contributed by atoms with Gasteiger partial charge in [0.25, 0.3) is 0 Å². The molecule has 0 unspecified atom stereocenters. The number of halogens is 1. The lowest BCUT2D eigenvalue weighted by Crippen LogP contribution is -2.29. The summed E-state index contributed by atoms with van der Waals surface area (Å²) < 4.78 is 15.7. The fourth-order valence-corrected chi connectivity index (χ4v) is 2.65. The van der Waals surface area contributed by atoms with Crippen molar-refractivity contribution in [2.45, 2.75) is 19.4 Å². The van der Waals surface area contributed by atoms with E-state index in [1.54, 1.807) is 6.07 Å². The number of rotatable bonds is 2. The summed E-state index contributed by atoms with van der Waals surface area (Å²) in [4.78, 5) is 0. The average molecular weight is 232 g/mol. The number of hydrogen-bond acceptors (Lipinski definition) is 1. The van der Waals surface area contributed by atoms with Crippen molar-refractivity contribution in [3.8, 4) is 0 Å². The van der Waals surface area contributed by atoms with Gasteiger partial charge < -0.3 is 9.88 Å². The molecule has 0 amide bonds. The number of piperidine rings is 1. The molecule has 0 bridgehead atoms. The van der Waals surface area contributed by atoms with Gasteiger partial charge in [0.15, 0.2) is 0 Å². The predicted octanol–water partition coefficient (Wildman–Crippen LogP) is 2.78. The number of benzene rings is 1. The molecular formula is C14H17FN2. The van der Waals surface area contributed by atoms with E-state index in [1.165, 1.54) is 18.9 Å². The van der Waals surface area contributed by atoms with Crippen LogP contribution in [0.25, 0.3) is 10.8 Å². The summed E-state index contributed by atoms with van der Waals surface area (Å²) in [6.45, 7) is 3.23. The molecule has 1 aliphatic rings. The third kappa shape index (κ3) is 2.20. The van der Waals surface area contributed by atoms with E-state index in [9.17, 15) is 4.39 Å². The maximum Gasteiger partial charge on any atom is 0.132 e. The second-order valence-electron chi connectivity index (χ2n) is 4.89. The van der Waals surface area contributed by atoms with Crippen molar-refractivity contribution in [1.82, 2.24) is 9.88 Å². The van der Waals surface area contributed by atoms with Crippen LogP contribution in [0.2, 0.25) is 0 Å². The van der Waals surface area contributed by atoms with E-state index < -0.39 is 0 Å². The average Bonchev–Trinajstić information content (AvgIpc) is 2.74. The summed E-state index contributed by atoms with van der Waals surface area (Å²) >= 11 is 0. The van der Waals surface area contributed by atoms with E-state index in [4.69, 9.17) is 0 Å². The van der Waals surface area contributed by atoms with Crippen molar-refractivity contribution in [2.24, 2.45) is 5.92 Å². The first-order chi connectivity index (χ1) is 8.33. The Morgan fingerprint density at radius 1 is 1.24 bits per heavy atom. The zero-order valence-corrected chi connectivity index (χ0v) is 9.82. The van der Waals surface area contributed by atoms with Crippen molar-refractivity contribution in [1.29, 1.82) is 0 Å². The molecule has 17 heavy (non-hydrogen) atoms. The molecule has 90 valence electrons. The molecule has 1 aromatic heterocycles. The molecule has 3 heteroatoms. The molecule has 2 heterocycles. The first-order valence-electron chi connectivity index (χ1n) is 6.27. The molecule has 0 saturated carbocycles. The van der Waals surface area contributed by atoms with Gasteiger partial charge in [-0.15, -0.1) is 0 Å². The predicted molar refractivity (Wildman–Crippen MR) is 67.5 cm³/mol. The van der Waals surface area contributed by atoms with Gasteiger partial charge in [-0.3, -0.25) is 0 Å². The van der Waals surface area contributed by atoms with Crippen molar-refractivity contribution >= 4 is 10.8 Å². The minimum atomic E-state index is -0.119. The highest BCUT2D eigenvalue weighted by Gasteiger charge is 2.14. The Balaban J connectivity index is 1.83. The Bertz CT molecular complexity index is 512. The smallest absolute Gasteiger partial charge is 0.132 e. The van der Waals surface area contributed by atoms with Gasteiger partial charge in [-0.2, -0.15) is 0 Å². The van der Waals surface area contributed by atoms with Gasteiger partial charge in [0.2, 0.25) is 0 Å². The van der Waals surface area contributed by atoms with Crippen LogP contribution in [0.4, 0.5) is 4.39 Å². The molecule has 3 rings (SSSR count). The van der Waals surface area contributed by atoms with Gasteiger partial charge in [-0.1, -0.05) is 12.1 Å². The Morgan fingerprint density at radius 3 is 2.82 bits per heavy atom. The minimum absolute atomic E-state index is 0.119. The summed E-state index contributed by atoms with van der Waals surface area (Å²) in [5.74, 6) is 0.604. The van der Waals surface area contributed by atoms with Gasteiger partial charge in [-0.05, 0) is 37.9 Å². The Morgan fingerprint density at radius 2 is 2.06 bits per heavy atom. The summed E-state index contributed by atoms with van der Waals surface area (Å²) in [5, 5.41) is 5.10. The van der Waals surface area contributed by atoms with Crippen LogP contribution >= 0.6 is 0 Å². The topological polar surface area (TPSA) is 17.0 Å². The van der Waals surface area contributed by atoms with Crippen molar-refractivity contribution < 1.29 is 4.39 Å². The lowest BCUT2D eigenvalue weighted by Gasteiger charge is -2.22. The van der Waals surface area contributed by atoms with Crippen LogP contribution in [0.3, 0.4) is 0 Å². The fraction of sp³-hybridized carbons (Fsp3) is 0.429. The van der Waals surface area contributed by atoms with E-state index in [1.807, 2.05) is 12.3 Å². The van der Waals surface area contributed by atoms with Gasteiger partial charge in [0, 0.05) is 29.7 Å². The second kappa shape index (κ2) is 4.49. The zero-order valence-electron chi connectivity index (χ0n) is 9.82. The maximum absolute atomic E-state index is 13.6. The van der Waals surface area contributed by atoms with Crippen LogP contribution in [0.5, 0.6) is 0 Å². The molecule has 0 spiro atoms. The molecule has 0 atom stereocenters. The molecule has 0 radical (unpaired) electrons. The Kier molecular flexibility index (Phi) is 2.85. The summed E-state index contributed by atoms with van der Waals surface area (Å²) in [7, 11) is 0. The highest BCUT2D eigenvalue weighted by molar-refractivity contribution is 5.82. The third-order valence-electron chi connectivity index (χ3n) is 3.61. The van der Waals surface area contributed by atoms with E-state index in [0.29, 0.717) is 0 Å². The van der Waals surface area contributed by atoms with Crippen LogP contribution in [-0.4, -0.2) is 17.7 Å². The molecule has 1 N–H and O–H groups in total. The SMILES string of the molecule is Fc1cccc2cn(CC3CCNCC3)cc12. The minimum Gasteiger partial charge on any atom is -0.353 e. The van der Waals surface area contributed by atoms with Gasteiger partial charge in [-0.25, -0.2) is 4.39 Å².